The molecule has 0 aromatic rings. The van der Waals surface area contributed by atoms with Gasteiger partial charge >= 0.3 is 0 Å². The van der Waals surface area contributed by atoms with E-state index in [0.29, 0.717) is 0 Å². The lowest BCUT2D eigenvalue weighted by Gasteiger charge is -2.27. The van der Waals surface area contributed by atoms with Gasteiger partial charge in [0.15, 0.2) is 0 Å². The number of hydrogen-bond donors (Lipinski definition) is 2. The van der Waals surface area contributed by atoms with E-state index in [9.17, 15) is 0 Å². The first kappa shape index (κ1) is 36.2. The Labute approximate surface area is 238 Å². The van der Waals surface area contributed by atoms with Gasteiger partial charge in [-0.2, -0.15) is 0 Å². The summed E-state index contributed by atoms with van der Waals surface area (Å²) < 4.78 is 0. The Morgan fingerprint density at radius 2 is 1.05 bits per heavy atom. The molecule has 0 fully saturated rings. The van der Waals surface area contributed by atoms with Gasteiger partial charge in [0.05, 0.1) is 0 Å². The molecular weight excluding hydrogens is 460 g/mol. The number of rotatable bonds is 19. The molecule has 0 aliphatic heterocycles. The Morgan fingerprint density at radius 3 is 1.50 bits per heavy atom. The van der Waals surface area contributed by atoms with Crippen LogP contribution in [0.1, 0.15) is 115 Å². The van der Waals surface area contributed by atoms with Crippen LogP contribution in [0.15, 0.2) is 72.0 Å². The predicted octanol–water partition coefficient (Wildman–Crippen LogP) is 10.3. The quantitative estimate of drug-likeness (QED) is 0.0997. The highest BCUT2D eigenvalue weighted by atomic mass is 14.9. The molecule has 2 heteroatoms. The topological polar surface area (TPSA) is 24.1 Å². The second-order valence-electron chi connectivity index (χ2n) is 14.0. The van der Waals surface area contributed by atoms with Crippen molar-refractivity contribution in [2.24, 2.45) is 21.7 Å². The molecular formula is C36H64N2. The Balaban J connectivity index is 4.71. The maximum absolute atomic E-state index is 3.60. The molecule has 0 atom stereocenters. The monoisotopic (exact) mass is 525 g/mol. The molecule has 0 radical (unpaired) electrons. The van der Waals surface area contributed by atoms with Crippen molar-refractivity contribution < 1.29 is 0 Å². The van der Waals surface area contributed by atoms with Crippen molar-refractivity contribution in [2.75, 3.05) is 19.6 Å². The molecule has 0 aromatic heterocycles. The molecule has 0 aliphatic carbocycles. The van der Waals surface area contributed by atoms with E-state index in [2.05, 4.69) is 154 Å². The van der Waals surface area contributed by atoms with Crippen LogP contribution in [0.25, 0.3) is 0 Å². The minimum atomic E-state index is 0.198. The van der Waals surface area contributed by atoms with Crippen LogP contribution in [0.5, 0.6) is 0 Å². The molecule has 0 unspecified atom stereocenters. The van der Waals surface area contributed by atoms with Crippen molar-refractivity contribution in [2.45, 2.75) is 115 Å². The number of nitrogens with one attached hydrogen (secondary N) is 2. The zero-order valence-electron chi connectivity index (χ0n) is 27.4. The highest BCUT2D eigenvalue weighted by Gasteiger charge is 2.21. The average Bonchev–Trinajstić information content (AvgIpc) is 2.80. The molecule has 0 saturated heterocycles. The van der Waals surface area contributed by atoms with Crippen LogP contribution in [0.4, 0.5) is 0 Å². The standard InChI is InChI=1S/C36H64N2/c1-13-15-20-34(7,8)25-26-36(11,12)22-17-28-38-32(30-31(3)4)18-29-37-27-16-21-35(9,10)24-23-33(5,6)19-14-2/h14-22,30,37-38H,13,23-29H2,1-12H3/b19-14+,20-15+,21-16+,22-17+,32-18+. The summed E-state index contributed by atoms with van der Waals surface area (Å²) in [6.07, 6.45) is 28.9. The Bertz CT molecular complexity index is 821. The van der Waals surface area contributed by atoms with Gasteiger partial charge in [-0.25, -0.2) is 0 Å². The summed E-state index contributed by atoms with van der Waals surface area (Å²) in [5.41, 5.74) is 3.43. The fourth-order valence-electron chi connectivity index (χ4n) is 4.28. The molecule has 0 bridgehead atoms. The van der Waals surface area contributed by atoms with Crippen molar-refractivity contribution in [1.29, 1.82) is 0 Å². The summed E-state index contributed by atoms with van der Waals surface area (Å²) in [4.78, 5) is 0. The van der Waals surface area contributed by atoms with E-state index < -0.39 is 0 Å². The summed E-state index contributed by atoms with van der Waals surface area (Å²) in [5.74, 6) is 0. The van der Waals surface area contributed by atoms with Gasteiger partial charge < -0.3 is 10.6 Å². The third-order valence-electron chi connectivity index (χ3n) is 6.98. The highest BCUT2D eigenvalue weighted by molar-refractivity contribution is 5.21. The van der Waals surface area contributed by atoms with Gasteiger partial charge in [-0.15, -0.1) is 0 Å². The van der Waals surface area contributed by atoms with Crippen molar-refractivity contribution in [3.05, 3.63) is 72.0 Å². The van der Waals surface area contributed by atoms with Gasteiger partial charge in [-0.1, -0.05) is 116 Å². The predicted molar refractivity (Wildman–Crippen MR) is 175 cm³/mol. The lowest BCUT2D eigenvalue weighted by atomic mass is 9.78. The van der Waals surface area contributed by atoms with Crippen molar-refractivity contribution in [3.63, 3.8) is 0 Å². The molecule has 0 heterocycles. The van der Waals surface area contributed by atoms with E-state index in [1.54, 1.807) is 0 Å². The van der Waals surface area contributed by atoms with E-state index in [-0.39, 0.29) is 21.7 Å². The molecule has 218 valence electrons. The van der Waals surface area contributed by atoms with Crippen LogP contribution in [0.2, 0.25) is 0 Å². The number of allylic oxidation sites excluding steroid dienone is 8. The first-order chi connectivity index (χ1) is 17.5. The van der Waals surface area contributed by atoms with E-state index in [1.165, 1.54) is 37.0 Å². The fourth-order valence-corrected chi connectivity index (χ4v) is 4.28. The third kappa shape index (κ3) is 20.2. The molecule has 0 spiro atoms. The van der Waals surface area contributed by atoms with Crippen LogP contribution >= 0.6 is 0 Å². The number of hydrogen-bond acceptors (Lipinski definition) is 2. The largest absolute Gasteiger partial charge is 0.382 e. The van der Waals surface area contributed by atoms with Crippen LogP contribution in [-0.2, 0) is 0 Å². The molecule has 2 nitrogen and oxygen atoms in total. The highest BCUT2D eigenvalue weighted by Crippen LogP contribution is 2.33. The van der Waals surface area contributed by atoms with Gasteiger partial charge in [0.1, 0.15) is 0 Å². The Morgan fingerprint density at radius 1 is 0.605 bits per heavy atom. The average molecular weight is 525 g/mol. The van der Waals surface area contributed by atoms with Gasteiger partial charge in [-0.3, -0.25) is 0 Å². The van der Waals surface area contributed by atoms with Crippen molar-refractivity contribution in [1.82, 2.24) is 10.6 Å². The summed E-state index contributed by atoms with van der Waals surface area (Å²) in [7, 11) is 0. The summed E-state index contributed by atoms with van der Waals surface area (Å²) >= 11 is 0. The third-order valence-corrected chi connectivity index (χ3v) is 6.98. The van der Waals surface area contributed by atoms with Crippen molar-refractivity contribution in [3.8, 4) is 0 Å². The summed E-state index contributed by atoms with van der Waals surface area (Å²) in [5, 5.41) is 7.15. The Hall–Kier alpha value is -1.80. The van der Waals surface area contributed by atoms with Gasteiger partial charge in [0.2, 0.25) is 0 Å². The molecule has 38 heavy (non-hydrogen) atoms. The van der Waals surface area contributed by atoms with Crippen LogP contribution < -0.4 is 10.6 Å². The summed E-state index contributed by atoms with van der Waals surface area (Å²) in [6, 6.07) is 0. The fraction of sp³-hybridized carbons (Fsp3) is 0.667. The first-order valence-corrected chi connectivity index (χ1v) is 15.0. The Kier molecular flexibility index (Phi) is 16.9. The molecule has 0 saturated carbocycles. The zero-order chi connectivity index (χ0) is 29.3. The zero-order valence-corrected chi connectivity index (χ0v) is 27.4. The molecule has 0 aliphatic rings. The second kappa shape index (κ2) is 17.7. The molecule has 2 N–H and O–H groups in total. The lowest BCUT2D eigenvalue weighted by Crippen LogP contribution is -2.19. The van der Waals surface area contributed by atoms with Gasteiger partial charge in [0.25, 0.3) is 0 Å². The smallest absolute Gasteiger partial charge is 0.0330 e. The van der Waals surface area contributed by atoms with Crippen LogP contribution in [0.3, 0.4) is 0 Å². The maximum atomic E-state index is 3.60. The van der Waals surface area contributed by atoms with Crippen LogP contribution in [0, 0.1) is 21.7 Å². The van der Waals surface area contributed by atoms with E-state index >= 15 is 0 Å². The minimum absolute atomic E-state index is 0.198. The van der Waals surface area contributed by atoms with Crippen LogP contribution in [-0.4, -0.2) is 19.6 Å². The maximum Gasteiger partial charge on any atom is 0.0330 e. The van der Waals surface area contributed by atoms with E-state index in [4.69, 9.17) is 0 Å². The van der Waals surface area contributed by atoms with E-state index in [1.807, 2.05) is 0 Å². The van der Waals surface area contributed by atoms with E-state index in [0.717, 1.165) is 26.1 Å². The molecule has 0 rings (SSSR count). The lowest BCUT2D eigenvalue weighted by molar-refractivity contribution is 0.329. The second-order valence-corrected chi connectivity index (χ2v) is 14.0. The molecule has 0 aromatic carbocycles. The molecule has 0 amide bonds. The minimum Gasteiger partial charge on any atom is -0.382 e. The SMILES string of the molecule is C/C=C/C(C)(C)CCC(C)(C)/C=C/CNC/C=C(\C=C(C)C)NC/C=C/C(C)(C)CCC(C)(C)/C=C/CC. The van der Waals surface area contributed by atoms with Gasteiger partial charge in [0, 0.05) is 25.3 Å². The van der Waals surface area contributed by atoms with Gasteiger partial charge in [-0.05, 0) is 86.7 Å². The van der Waals surface area contributed by atoms with Crippen molar-refractivity contribution >= 4 is 0 Å². The normalized spacial score (nSPS) is 14.5. The first-order valence-electron chi connectivity index (χ1n) is 15.0. The summed E-state index contributed by atoms with van der Waals surface area (Å²) in [6.45, 7) is 29.9.